The minimum Gasteiger partial charge on any atom is -0.481 e. The Morgan fingerprint density at radius 1 is 1.03 bits per heavy atom. The van der Waals surface area contributed by atoms with Crippen LogP contribution in [0.1, 0.15) is 26.2 Å². The molecule has 11 heteroatoms. The molecule has 0 spiro atoms. The number of hydrogen-bond donors (Lipinski definition) is 4. The van der Waals surface area contributed by atoms with Crippen molar-refractivity contribution in [2.24, 2.45) is 5.14 Å². The molecule has 2 rings (SSSR count). The highest BCUT2D eigenvalue weighted by Gasteiger charge is 2.19. The Hall–Kier alpha value is -2.89. The second-order valence-corrected chi connectivity index (χ2v) is 9.38. The highest BCUT2D eigenvalue weighted by Crippen LogP contribution is 2.28. The van der Waals surface area contributed by atoms with Crippen molar-refractivity contribution in [1.29, 1.82) is 0 Å². The number of carboxylic acids is 1. The third-order valence-corrected chi connectivity index (χ3v) is 6.36. The number of rotatable bonds is 10. The SMILES string of the molecule is CCC(Sc1cccc(NC(=O)CCC(=O)O)c1)C(=O)Nc1ccc(S(N)(=O)=O)cc1. The van der Waals surface area contributed by atoms with E-state index >= 15 is 0 Å². The van der Waals surface area contributed by atoms with Crippen LogP contribution in [-0.2, 0) is 24.4 Å². The molecule has 0 aliphatic rings. The van der Waals surface area contributed by atoms with E-state index in [9.17, 15) is 22.8 Å². The summed E-state index contributed by atoms with van der Waals surface area (Å²) >= 11 is 1.31. The summed E-state index contributed by atoms with van der Waals surface area (Å²) in [5.74, 6) is -1.71. The lowest BCUT2D eigenvalue weighted by Gasteiger charge is -2.15. The number of benzene rings is 2. The normalized spacial score (nSPS) is 12.1. The zero-order chi connectivity index (χ0) is 23.0. The first-order chi connectivity index (χ1) is 14.6. The Morgan fingerprint density at radius 2 is 1.71 bits per heavy atom. The van der Waals surface area contributed by atoms with Crippen LogP contribution in [0.3, 0.4) is 0 Å². The second-order valence-electron chi connectivity index (χ2n) is 6.54. The summed E-state index contributed by atoms with van der Waals surface area (Å²) in [5, 5.41) is 18.7. The number of amides is 2. The number of hydrogen-bond acceptors (Lipinski definition) is 6. The largest absolute Gasteiger partial charge is 0.481 e. The van der Waals surface area contributed by atoms with Crippen LogP contribution < -0.4 is 15.8 Å². The van der Waals surface area contributed by atoms with E-state index < -0.39 is 27.1 Å². The Balaban J connectivity index is 2.01. The van der Waals surface area contributed by atoms with Crippen molar-refractivity contribution in [2.45, 2.75) is 41.2 Å². The minimum atomic E-state index is -3.81. The third kappa shape index (κ3) is 8.04. The van der Waals surface area contributed by atoms with Gasteiger partial charge in [-0.2, -0.15) is 0 Å². The summed E-state index contributed by atoms with van der Waals surface area (Å²) in [6.45, 7) is 1.86. The zero-order valence-electron chi connectivity index (χ0n) is 16.7. The van der Waals surface area contributed by atoms with E-state index in [1.807, 2.05) is 6.92 Å². The molecule has 1 unspecified atom stereocenters. The number of carbonyl (C=O) groups is 3. The van der Waals surface area contributed by atoms with Crippen LogP contribution in [-0.4, -0.2) is 36.6 Å². The van der Waals surface area contributed by atoms with Gasteiger partial charge in [0.05, 0.1) is 16.6 Å². The molecule has 31 heavy (non-hydrogen) atoms. The molecule has 166 valence electrons. The summed E-state index contributed by atoms with van der Waals surface area (Å²) < 4.78 is 22.6. The number of carbonyl (C=O) groups excluding carboxylic acids is 2. The number of sulfonamides is 1. The number of anilines is 2. The lowest BCUT2D eigenvalue weighted by Crippen LogP contribution is -2.24. The number of primary sulfonamides is 1. The zero-order valence-corrected chi connectivity index (χ0v) is 18.3. The van der Waals surface area contributed by atoms with Gasteiger partial charge in [0, 0.05) is 22.7 Å². The van der Waals surface area contributed by atoms with Crippen molar-refractivity contribution in [2.75, 3.05) is 10.6 Å². The van der Waals surface area contributed by atoms with E-state index in [4.69, 9.17) is 10.2 Å². The van der Waals surface area contributed by atoms with Gasteiger partial charge < -0.3 is 15.7 Å². The van der Waals surface area contributed by atoms with Crippen molar-refractivity contribution in [3.8, 4) is 0 Å². The Bertz CT molecular complexity index is 1050. The number of nitrogens with one attached hydrogen (secondary N) is 2. The second kappa shape index (κ2) is 10.9. The van der Waals surface area contributed by atoms with E-state index in [0.29, 0.717) is 17.8 Å². The van der Waals surface area contributed by atoms with E-state index in [2.05, 4.69) is 10.6 Å². The van der Waals surface area contributed by atoms with Crippen LogP contribution in [0.2, 0.25) is 0 Å². The summed E-state index contributed by atoms with van der Waals surface area (Å²) in [6, 6.07) is 12.5. The maximum Gasteiger partial charge on any atom is 0.303 e. The average molecular weight is 466 g/mol. The smallest absolute Gasteiger partial charge is 0.303 e. The topological polar surface area (TPSA) is 156 Å². The molecule has 2 amide bonds. The van der Waals surface area contributed by atoms with Crippen molar-refractivity contribution in [1.82, 2.24) is 0 Å². The molecule has 0 radical (unpaired) electrons. The fourth-order valence-electron chi connectivity index (χ4n) is 2.53. The first-order valence-corrected chi connectivity index (χ1v) is 11.7. The van der Waals surface area contributed by atoms with Gasteiger partial charge >= 0.3 is 5.97 Å². The maximum absolute atomic E-state index is 12.6. The first-order valence-electron chi connectivity index (χ1n) is 9.30. The summed E-state index contributed by atoms with van der Waals surface area (Å²) in [5.41, 5.74) is 0.949. The van der Waals surface area contributed by atoms with Gasteiger partial charge in [0.1, 0.15) is 0 Å². The van der Waals surface area contributed by atoms with E-state index in [-0.39, 0.29) is 23.6 Å². The molecular formula is C20H23N3O6S2. The summed E-state index contributed by atoms with van der Waals surface area (Å²) in [4.78, 5) is 35.7. The first kappa shape index (κ1) is 24.4. The highest BCUT2D eigenvalue weighted by molar-refractivity contribution is 8.00. The van der Waals surface area contributed by atoms with Crippen molar-refractivity contribution < 1.29 is 27.9 Å². The monoisotopic (exact) mass is 465 g/mol. The van der Waals surface area contributed by atoms with Gasteiger partial charge in [-0.25, -0.2) is 13.6 Å². The van der Waals surface area contributed by atoms with Gasteiger partial charge in [0.15, 0.2) is 0 Å². The van der Waals surface area contributed by atoms with E-state index in [1.165, 1.54) is 36.0 Å². The van der Waals surface area contributed by atoms with Crippen LogP contribution in [0.5, 0.6) is 0 Å². The fourth-order valence-corrected chi connectivity index (χ4v) is 4.06. The van der Waals surface area contributed by atoms with Crippen LogP contribution >= 0.6 is 11.8 Å². The van der Waals surface area contributed by atoms with Gasteiger partial charge in [-0.15, -0.1) is 11.8 Å². The number of carboxylic acid groups (broad SMARTS) is 1. The van der Waals surface area contributed by atoms with E-state index in [1.54, 1.807) is 24.3 Å². The number of nitrogens with two attached hydrogens (primary N) is 1. The van der Waals surface area contributed by atoms with Crippen molar-refractivity contribution in [3.05, 3.63) is 48.5 Å². The summed E-state index contributed by atoms with van der Waals surface area (Å²) in [6.07, 6.45) is 0.147. The molecule has 0 saturated heterocycles. The minimum absolute atomic E-state index is 0.0471. The van der Waals surface area contributed by atoms with Crippen molar-refractivity contribution in [3.63, 3.8) is 0 Å². The Labute approximate surface area is 184 Å². The lowest BCUT2D eigenvalue weighted by atomic mass is 10.2. The predicted octanol–water partition coefficient (Wildman–Crippen LogP) is 2.65. The van der Waals surface area contributed by atoms with Crippen LogP contribution in [0, 0.1) is 0 Å². The standard InChI is InChI=1S/C20H23N3O6S2/c1-2-17(20(27)23-13-6-8-16(9-7-13)31(21,28)29)30-15-5-3-4-14(12-15)22-18(24)10-11-19(25)26/h3-9,12,17H,2,10-11H2,1H3,(H,22,24)(H,23,27)(H,25,26)(H2,21,28,29). The van der Waals surface area contributed by atoms with Gasteiger partial charge in [-0.1, -0.05) is 13.0 Å². The molecule has 0 saturated carbocycles. The molecule has 0 aliphatic heterocycles. The quantitative estimate of drug-likeness (QED) is 0.393. The highest BCUT2D eigenvalue weighted by atomic mass is 32.2. The molecule has 0 fully saturated rings. The van der Waals surface area contributed by atoms with Crippen LogP contribution in [0.15, 0.2) is 58.3 Å². The lowest BCUT2D eigenvalue weighted by molar-refractivity contribution is -0.138. The van der Waals surface area contributed by atoms with Gasteiger partial charge in [0.2, 0.25) is 21.8 Å². The fraction of sp³-hybridized carbons (Fsp3) is 0.250. The van der Waals surface area contributed by atoms with Crippen LogP contribution in [0.4, 0.5) is 11.4 Å². The third-order valence-electron chi connectivity index (χ3n) is 4.08. The molecule has 0 heterocycles. The summed E-state index contributed by atoms with van der Waals surface area (Å²) in [7, 11) is -3.81. The Morgan fingerprint density at radius 3 is 2.29 bits per heavy atom. The molecule has 0 bridgehead atoms. The van der Waals surface area contributed by atoms with Gasteiger partial charge in [-0.05, 0) is 48.9 Å². The Kier molecular flexibility index (Phi) is 8.60. The molecule has 1 atom stereocenters. The number of thioether (sulfide) groups is 1. The predicted molar refractivity (Wildman–Crippen MR) is 118 cm³/mol. The van der Waals surface area contributed by atoms with Crippen LogP contribution in [0.25, 0.3) is 0 Å². The molecular weight excluding hydrogens is 442 g/mol. The molecule has 0 aliphatic carbocycles. The van der Waals surface area contributed by atoms with Gasteiger partial charge in [0.25, 0.3) is 0 Å². The van der Waals surface area contributed by atoms with Gasteiger partial charge in [-0.3, -0.25) is 14.4 Å². The average Bonchev–Trinajstić information content (AvgIpc) is 2.70. The maximum atomic E-state index is 12.6. The molecule has 5 N–H and O–H groups in total. The molecule has 9 nitrogen and oxygen atoms in total. The number of aliphatic carboxylic acids is 1. The van der Waals surface area contributed by atoms with Crippen molar-refractivity contribution >= 4 is 50.9 Å². The van der Waals surface area contributed by atoms with E-state index in [0.717, 1.165) is 4.90 Å². The molecule has 2 aromatic rings. The molecule has 2 aromatic carbocycles. The molecule has 0 aromatic heterocycles.